The number of benzene rings is 3. The standard InChI is InChI=1S/C30H22ClN7O4/c1-17-24(30(40)38(35-17)21-7-3-5-19(13-21)28-33-36-37-34-28)16-23-10-12-27(42-23)18-9-11-26(31)25(14-18)29(39)32-20-6-4-8-22(15-20)41-2/h3-16H,1-2H3,(H,32,39)(H,33,34,36,37)/b24-16-. The van der Waals surface area contributed by atoms with Crippen LogP contribution in [0, 0.1) is 0 Å². The predicted octanol–water partition coefficient (Wildman–Crippen LogP) is 5.85. The lowest BCUT2D eigenvalue weighted by atomic mass is 10.1. The first kappa shape index (κ1) is 26.7. The van der Waals surface area contributed by atoms with Crippen molar-refractivity contribution in [1.29, 1.82) is 0 Å². The van der Waals surface area contributed by atoms with Crippen LogP contribution >= 0.6 is 11.6 Å². The van der Waals surface area contributed by atoms with Crippen LogP contribution in [0.15, 0.2) is 94.0 Å². The van der Waals surface area contributed by atoms with E-state index in [1.807, 2.05) is 6.07 Å². The van der Waals surface area contributed by atoms with Crippen molar-refractivity contribution >= 4 is 46.6 Å². The zero-order valence-corrected chi connectivity index (χ0v) is 23.1. The topological polar surface area (TPSA) is 139 Å². The average Bonchev–Trinajstić information content (AvgIpc) is 3.76. The van der Waals surface area contributed by atoms with Gasteiger partial charge in [0, 0.05) is 22.9 Å². The molecule has 2 amide bonds. The first-order chi connectivity index (χ1) is 20.4. The highest BCUT2D eigenvalue weighted by molar-refractivity contribution is 6.34. The van der Waals surface area contributed by atoms with E-state index < -0.39 is 0 Å². The van der Waals surface area contributed by atoms with E-state index in [1.54, 1.807) is 92.9 Å². The molecule has 3 heterocycles. The van der Waals surface area contributed by atoms with Crippen LogP contribution in [-0.2, 0) is 4.79 Å². The number of hydrazone groups is 1. The van der Waals surface area contributed by atoms with E-state index in [9.17, 15) is 9.59 Å². The average molecular weight is 580 g/mol. The van der Waals surface area contributed by atoms with E-state index in [0.717, 1.165) is 0 Å². The molecule has 0 atom stereocenters. The van der Waals surface area contributed by atoms with E-state index in [0.29, 0.717) is 61.9 Å². The maximum absolute atomic E-state index is 13.3. The summed E-state index contributed by atoms with van der Waals surface area (Å²) in [5.41, 5.74) is 3.69. The van der Waals surface area contributed by atoms with Crippen LogP contribution in [0.5, 0.6) is 5.75 Å². The number of aromatic amines is 1. The summed E-state index contributed by atoms with van der Waals surface area (Å²) in [6.45, 7) is 1.75. The number of tetrazole rings is 1. The largest absolute Gasteiger partial charge is 0.497 e. The Kier molecular flexibility index (Phi) is 7.07. The second kappa shape index (κ2) is 11.1. The monoisotopic (exact) mass is 579 g/mol. The maximum atomic E-state index is 13.3. The van der Waals surface area contributed by atoms with Crippen LogP contribution in [0.2, 0.25) is 5.02 Å². The third-order valence-electron chi connectivity index (χ3n) is 6.51. The number of carbonyl (C=O) groups is 2. The summed E-state index contributed by atoms with van der Waals surface area (Å²) in [6.07, 6.45) is 1.64. The number of H-pyrrole nitrogens is 1. The van der Waals surface area contributed by atoms with Gasteiger partial charge in [0.2, 0.25) is 0 Å². The highest BCUT2D eigenvalue weighted by atomic mass is 35.5. The Morgan fingerprint density at radius 3 is 2.71 bits per heavy atom. The molecule has 0 aliphatic carbocycles. The lowest BCUT2D eigenvalue weighted by molar-refractivity contribution is -0.114. The summed E-state index contributed by atoms with van der Waals surface area (Å²) in [5.74, 6) is 1.36. The lowest BCUT2D eigenvalue weighted by Gasteiger charge is -2.12. The molecule has 0 fully saturated rings. The number of anilines is 2. The highest BCUT2D eigenvalue weighted by Gasteiger charge is 2.29. The van der Waals surface area contributed by atoms with Gasteiger partial charge in [-0.1, -0.05) is 29.8 Å². The molecule has 208 valence electrons. The normalized spacial score (nSPS) is 13.9. The number of hydrogen-bond acceptors (Lipinski definition) is 8. The fraction of sp³-hybridized carbons (Fsp3) is 0.0667. The SMILES string of the molecule is COc1cccc(NC(=O)c2cc(-c3ccc(/C=C4\C(=O)N(c5cccc(-c6nnn[nH]6)c5)N=C4C)o3)ccc2Cl)c1. The molecular weight excluding hydrogens is 558 g/mol. The molecule has 6 rings (SSSR count). The Labute approximate surface area is 244 Å². The number of furan rings is 1. The molecule has 0 spiro atoms. The number of aromatic nitrogens is 4. The van der Waals surface area contributed by atoms with Crippen molar-refractivity contribution in [3.63, 3.8) is 0 Å². The first-order valence-corrected chi connectivity index (χ1v) is 13.1. The molecule has 3 aromatic carbocycles. The molecule has 0 unspecified atom stereocenters. The zero-order valence-electron chi connectivity index (χ0n) is 22.3. The molecule has 12 heteroatoms. The number of ether oxygens (including phenoxy) is 1. The van der Waals surface area contributed by atoms with Crippen molar-refractivity contribution in [3.8, 4) is 28.5 Å². The quantitative estimate of drug-likeness (QED) is 0.231. The van der Waals surface area contributed by atoms with Gasteiger partial charge in [-0.3, -0.25) is 9.59 Å². The molecule has 2 aromatic heterocycles. The van der Waals surface area contributed by atoms with Crippen molar-refractivity contribution in [2.75, 3.05) is 17.4 Å². The number of methoxy groups -OCH3 is 1. The van der Waals surface area contributed by atoms with Crippen molar-refractivity contribution < 1.29 is 18.7 Å². The Bertz CT molecular complexity index is 1880. The van der Waals surface area contributed by atoms with Crippen LogP contribution in [0.4, 0.5) is 11.4 Å². The number of rotatable bonds is 7. The second-order valence-corrected chi connectivity index (χ2v) is 9.65. The molecule has 0 saturated heterocycles. The van der Waals surface area contributed by atoms with Crippen LogP contribution in [0.1, 0.15) is 23.0 Å². The molecule has 1 aliphatic rings. The molecule has 0 saturated carbocycles. The summed E-state index contributed by atoms with van der Waals surface area (Å²) < 4.78 is 11.3. The van der Waals surface area contributed by atoms with E-state index in [-0.39, 0.29) is 17.4 Å². The van der Waals surface area contributed by atoms with Gasteiger partial charge in [-0.05, 0) is 78.0 Å². The van der Waals surface area contributed by atoms with Crippen LogP contribution in [0.25, 0.3) is 28.8 Å². The summed E-state index contributed by atoms with van der Waals surface area (Å²) in [5, 5.41) is 22.7. The van der Waals surface area contributed by atoms with Crippen LogP contribution < -0.4 is 15.1 Å². The van der Waals surface area contributed by atoms with Gasteiger partial charge in [0.25, 0.3) is 11.8 Å². The Balaban J connectivity index is 1.22. The lowest BCUT2D eigenvalue weighted by Crippen LogP contribution is -2.21. The third kappa shape index (κ3) is 5.28. The minimum Gasteiger partial charge on any atom is -0.497 e. The van der Waals surface area contributed by atoms with E-state index >= 15 is 0 Å². The minimum atomic E-state index is -0.379. The van der Waals surface area contributed by atoms with E-state index in [1.165, 1.54) is 5.01 Å². The second-order valence-electron chi connectivity index (χ2n) is 9.24. The highest BCUT2D eigenvalue weighted by Crippen LogP contribution is 2.31. The van der Waals surface area contributed by atoms with Gasteiger partial charge >= 0.3 is 0 Å². The van der Waals surface area contributed by atoms with Crippen molar-refractivity contribution in [2.45, 2.75) is 6.92 Å². The predicted molar refractivity (Wildman–Crippen MR) is 158 cm³/mol. The van der Waals surface area contributed by atoms with E-state index in [2.05, 4.69) is 31.0 Å². The molecule has 11 nitrogen and oxygen atoms in total. The molecule has 1 aliphatic heterocycles. The Hall–Kier alpha value is -5.55. The number of amides is 2. The van der Waals surface area contributed by atoms with Gasteiger partial charge in [0.15, 0.2) is 5.82 Å². The van der Waals surface area contributed by atoms with Gasteiger partial charge in [-0.25, -0.2) is 5.10 Å². The molecule has 42 heavy (non-hydrogen) atoms. The minimum absolute atomic E-state index is 0.279. The number of nitrogens with zero attached hydrogens (tertiary/aromatic N) is 5. The molecular formula is C30H22ClN7O4. The number of hydrogen-bond donors (Lipinski definition) is 2. The van der Waals surface area contributed by atoms with Gasteiger partial charge in [0.1, 0.15) is 17.3 Å². The maximum Gasteiger partial charge on any atom is 0.280 e. The third-order valence-corrected chi connectivity index (χ3v) is 6.84. The van der Waals surface area contributed by atoms with Crippen LogP contribution in [-0.4, -0.2) is 45.3 Å². The fourth-order valence-corrected chi connectivity index (χ4v) is 4.61. The van der Waals surface area contributed by atoms with Crippen molar-refractivity contribution in [2.24, 2.45) is 5.10 Å². The van der Waals surface area contributed by atoms with Crippen molar-refractivity contribution in [3.05, 3.63) is 101 Å². The number of carbonyl (C=O) groups excluding carboxylic acids is 2. The van der Waals surface area contributed by atoms with Crippen LogP contribution in [0.3, 0.4) is 0 Å². The molecule has 0 bridgehead atoms. The summed E-state index contributed by atoms with van der Waals surface area (Å²) in [7, 11) is 1.56. The summed E-state index contributed by atoms with van der Waals surface area (Å²) in [6, 6.07) is 22.7. The van der Waals surface area contributed by atoms with Gasteiger partial charge in [-0.15, -0.1) is 5.10 Å². The van der Waals surface area contributed by atoms with E-state index in [4.69, 9.17) is 20.8 Å². The number of halogens is 1. The number of nitrogens with one attached hydrogen (secondary N) is 2. The molecule has 2 N–H and O–H groups in total. The van der Waals surface area contributed by atoms with Gasteiger partial charge in [0.05, 0.1) is 34.7 Å². The Morgan fingerprint density at radius 2 is 1.90 bits per heavy atom. The molecule has 0 radical (unpaired) electrons. The van der Waals surface area contributed by atoms with Gasteiger partial charge in [-0.2, -0.15) is 10.1 Å². The first-order valence-electron chi connectivity index (χ1n) is 12.7. The molecule has 5 aromatic rings. The summed E-state index contributed by atoms with van der Waals surface area (Å²) in [4.78, 5) is 26.3. The fourth-order valence-electron chi connectivity index (χ4n) is 4.41. The van der Waals surface area contributed by atoms with Gasteiger partial charge < -0.3 is 14.5 Å². The van der Waals surface area contributed by atoms with Crippen molar-refractivity contribution in [1.82, 2.24) is 20.6 Å². The Morgan fingerprint density at radius 1 is 1.05 bits per heavy atom. The smallest absolute Gasteiger partial charge is 0.280 e. The zero-order chi connectivity index (χ0) is 29.2. The summed E-state index contributed by atoms with van der Waals surface area (Å²) >= 11 is 6.36.